The number of oxime groups is 1. The van der Waals surface area contributed by atoms with E-state index in [9.17, 15) is 29.1 Å². The average Bonchev–Trinajstić information content (AvgIpc) is 3.24. The third-order valence-corrected chi connectivity index (χ3v) is 7.39. The van der Waals surface area contributed by atoms with Gasteiger partial charge in [0.1, 0.15) is 22.8 Å². The first-order valence-electron chi connectivity index (χ1n) is 9.40. The predicted octanol–water partition coefficient (Wildman–Crippen LogP) is -0.353. The van der Waals surface area contributed by atoms with Gasteiger partial charge in [0.25, 0.3) is 11.8 Å². The number of rotatable bonds is 10. The quantitative estimate of drug-likeness (QED) is 0.0978. The minimum absolute atomic E-state index is 0.0116. The van der Waals surface area contributed by atoms with Crippen LogP contribution in [-0.2, 0) is 33.5 Å². The number of nitrogen functional groups attached to an aromatic ring is 1. The van der Waals surface area contributed by atoms with Gasteiger partial charge in [0.05, 0.1) is 7.11 Å². The summed E-state index contributed by atoms with van der Waals surface area (Å²) in [5.74, 6) is -4.65. The van der Waals surface area contributed by atoms with E-state index in [1.807, 2.05) is 0 Å². The van der Waals surface area contributed by atoms with E-state index >= 15 is 0 Å². The van der Waals surface area contributed by atoms with Crippen LogP contribution in [0.2, 0.25) is 0 Å². The summed E-state index contributed by atoms with van der Waals surface area (Å²) >= 11 is 3.18. The van der Waals surface area contributed by atoms with Gasteiger partial charge in [-0.3, -0.25) is 14.5 Å². The minimum atomic E-state index is -1.34. The van der Waals surface area contributed by atoms with Gasteiger partial charge in [0.15, 0.2) is 10.8 Å². The Bertz CT molecular complexity index is 1160. The van der Waals surface area contributed by atoms with Gasteiger partial charge in [-0.1, -0.05) is 16.9 Å². The topological polar surface area (TPSA) is 211 Å². The molecule has 2 atom stereocenters. The number of carboxylic acid groups (broad SMARTS) is 2. The number of esters is 1. The van der Waals surface area contributed by atoms with E-state index < -0.39 is 53.5 Å². The fourth-order valence-corrected chi connectivity index (χ4v) is 5.74. The number of fused-ring (bicyclic) bond motifs is 1. The zero-order valence-corrected chi connectivity index (χ0v) is 20.1. The highest BCUT2D eigenvalue weighted by Crippen LogP contribution is 2.43. The highest BCUT2D eigenvalue weighted by atomic mass is 32.2. The SMILES string of the molecule is COC(=O)/C=C\SC1=C(C(=O)O)N2C(=O)[C@@H](NC(=O)/C(=N/OCC(=O)O)c3csc(N)n3)[C@H]2SC1. The van der Waals surface area contributed by atoms with Crippen LogP contribution in [0.4, 0.5) is 5.13 Å². The van der Waals surface area contributed by atoms with Gasteiger partial charge in [-0.15, -0.1) is 23.1 Å². The van der Waals surface area contributed by atoms with Gasteiger partial charge < -0.3 is 30.8 Å². The lowest BCUT2D eigenvalue weighted by atomic mass is 10.0. The maximum absolute atomic E-state index is 12.9. The molecule has 2 aliphatic rings. The molecule has 0 spiro atoms. The number of thiazole rings is 1. The van der Waals surface area contributed by atoms with Crippen LogP contribution in [0, 0.1) is 0 Å². The number of nitrogens with zero attached hydrogens (tertiary/aromatic N) is 3. The van der Waals surface area contributed by atoms with Gasteiger partial charge in [0, 0.05) is 22.1 Å². The van der Waals surface area contributed by atoms with Crippen molar-refractivity contribution in [3.63, 3.8) is 0 Å². The van der Waals surface area contributed by atoms with Crippen LogP contribution in [0.5, 0.6) is 0 Å². The Labute approximate surface area is 209 Å². The van der Waals surface area contributed by atoms with E-state index in [-0.39, 0.29) is 22.3 Å². The summed E-state index contributed by atoms with van der Waals surface area (Å²) in [6, 6.07) is -1.08. The number of nitrogens with two attached hydrogens (primary N) is 1. The molecule has 35 heavy (non-hydrogen) atoms. The van der Waals surface area contributed by atoms with Gasteiger partial charge in [-0.05, 0) is 5.41 Å². The lowest BCUT2D eigenvalue weighted by Gasteiger charge is -2.49. The normalized spacial score (nSPS) is 19.7. The van der Waals surface area contributed by atoms with E-state index in [0.717, 1.165) is 34.1 Å². The number of hydrogen-bond acceptors (Lipinski definition) is 13. The molecule has 0 saturated carbocycles. The lowest BCUT2D eigenvalue weighted by Crippen LogP contribution is -2.71. The summed E-state index contributed by atoms with van der Waals surface area (Å²) in [7, 11) is 1.20. The number of methoxy groups -OCH3 is 1. The fraction of sp³-hybridized carbons (Fsp3) is 0.278. The van der Waals surface area contributed by atoms with Crippen molar-refractivity contribution in [3.05, 3.63) is 33.2 Å². The van der Waals surface area contributed by atoms with Crippen LogP contribution in [0.15, 0.2) is 32.6 Å². The summed E-state index contributed by atoms with van der Waals surface area (Å²) in [6.45, 7) is -0.817. The van der Waals surface area contributed by atoms with Crippen molar-refractivity contribution in [2.24, 2.45) is 5.16 Å². The number of aliphatic carboxylic acids is 2. The number of aromatic nitrogens is 1. The van der Waals surface area contributed by atoms with E-state index in [1.54, 1.807) is 0 Å². The number of carboxylic acids is 2. The molecule has 17 heteroatoms. The largest absolute Gasteiger partial charge is 0.479 e. The molecule has 14 nitrogen and oxygen atoms in total. The Morgan fingerprint density at radius 2 is 2.14 bits per heavy atom. The third kappa shape index (κ3) is 5.92. The maximum atomic E-state index is 12.9. The number of ether oxygens (including phenoxy) is 1. The molecule has 1 saturated heterocycles. The van der Waals surface area contributed by atoms with Crippen LogP contribution in [-0.4, -0.2) is 86.4 Å². The minimum Gasteiger partial charge on any atom is -0.479 e. The summed E-state index contributed by atoms with van der Waals surface area (Å²) in [4.78, 5) is 69.4. The van der Waals surface area contributed by atoms with Gasteiger partial charge >= 0.3 is 17.9 Å². The first-order valence-corrected chi connectivity index (χ1v) is 12.2. The molecule has 3 heterocycles. The Kier molecular flexibility index (Phi) is 8.36. The van der Waals surface area contributed by atoms with E-state index in [2.05, 4.69) is 25.0 Å². The Balaban J connectivity index is 1.77. The molecule has 1 fully saturated rings. The number of anilines is 1. The monoisotopic (exact) mass is 543 g/mol. The Morgan fingerprint density at radius 1 is 1.40 bits per heavy atom. The van der Waals surface area contributed by atoms with Crippen molar-refractivity contribution in [2.75, 3.05) is 25.2 Å². The van der Waals surface area contributed by atoms with Crippen molar-refractivity contribution in [2.45, 2.75) is 11.4 Å². The molecule has 2 aliphatic heterocycles. The fourth-order valence-electron chi connectivity index (χ4n) is 2.88. The van der Waals surface area contributed by atoms with Crippen molar-refractivity contribution in [1.82, 2.24) is 15.2 Å². The summed E-state index contributed by atoms with van der Waals surface area (Å²) in [5, 5.41) is 26.5. The zero-order chi connectivity index (χ0) is 25.7. The number of nitrogens with one attached hydrogen (secondary N) is 1. The van der Waals surface area contributed by atoms with Crippen LogP contribution in [0.1, 0.15) is 5.69 Å². The molecule has 0 aromatic carbocycles. The molecular weight excluding hydrogens is 526 g/mol. The van der Waals surface area contributed by atoms with Gasteiger partial charge in [0.2, 0.25) is 6.61 Å². The van der Waals surface area contributed by atoms with E-state index in [0.29, 0.717) is 4.91 Å². The van der Waals surface area contributed by atoms with Crippen molar-refractivity contribution < 1.29 is 43.8 Å². The van der Waals surface area contributed by atoms with E-state index in [4.69, 9.17) is 10.8 Å². The molecule has 0 aliphatic carbocycles. The van der Waals surface area contributed by atoms with Crippen LogP contribution >= 0.6 is 34.9 Å². The highest BCUT2D eigenvalue weighted by Gasteiger charge is 2.54. The van der Waals surface area contributed by atoms with Crippen LogP contribution < -0.4 is 11.1 Å². The van der Waals surface area contributed by atoms with E-state index in [1.165, 1.54) is 29.7 Å². The second-order valence-electron chi connectivity index (χ2n) is 6.56. The second kappa shape index (κ2) is 11.2. The standard InChI is InChI=1S/C18H17N5O9S3/c1-31-10(26)2-3-33-8-6-34-16-12(15(28)23(16)13(8)17(29)30)21-14(27)11(22-32-4-9(24)25)7-5-35-18(19)20-7/h2-3,5,12,16H,4,6H2,1H3,(H2,19,20)(H,21,27)(H,24,25)(H,29,30)/b3-2-,22-11+/t12-,16-/m1/s1. The number of amides is 2. The molecule has 0 radical (unpaired) electrons. The van der Waals surface area contributed by atoms with Crippen LogP contribution in [0.3, 0.4) is 0 Å². The number of carbonyl (C=O) groups is 5. The molecule has 3 rings (SSSR count). The number of β-lactam (4-membered cyclic amide) rings is 1. The molecular formula is C18H17N5O9S3. The number of thioether (sulfide) groups is 2. The van der Waals surface area contributed by atoms with Gasteiger partial charge in [-0.25, -0.2) is 19.4 Å². The summed E-state index contributed by atoms with van der Waals surface area (Å²) in [6.07, 6.45) is 1.12. The Morgan fingerprint density at radius 3 is 2.74 bits per heavy atom. The number of hydrogen-bond donors (Lipinski definition) is 4. The molecule has 0 unspecified atom stereocenters. The first-order chi connectivity index (χ1) is 16.6. The first kappa shape index (κ1) is 26.0. The Hall–Kier alpha value is -3.57. The molecule has 0 bridgehead atoms. The van der Waals surface area contributed by atoms with Crippen molar-refractivity contribution in [1.29, 1.82) is 0 Å². The predicted molar refractivity (Wildman–Crippen MR) is 125 cm³/mol. The molecule has 1 aromatic rings. The summed E-state index contributed by atoms with van der Waals surface area (Å²) in [5.41, 5.74) is 4.94. The zero-order valence-electron chi connectivity index (χ0n) is 17.7. The highest BCUT2D eigenvalue weighted by molar-refractivity contribution is 8.08. The smallest absolute Gasteiger partial charge is 0.353 e. The third-order valence-electron chi connectivity index (χ3n) is 4.36. The molecule has 5 N–H and O–H groups in total. The summed E-state index contributed by atoms with van der Waals surface area (Å²) < 4.78 is 4.48. The number of carbonyl (C=O) groups excluding carboxylic acids is 3. The molecule has 1 aromatic heterocycles. The lowest BCUT2D eigenvalue weighted by molar-refractivity contribution is -0.150. The second-order valence-corrected chi connectivity index (χ2v) is 9.56. The van der Waals surface area contributed by atoms with Crippen molar-refractivity contribution in [3.8, 4) is 0 Å². The van der Waals surface area contributed by atoms with Crippen LogP contribution in [0.25, 0.3) is 0 Å². The van der Waals surface area contributed by atoms with Crippen molar-refractivity contribution >= 4 is 75.4 Å². The molecule has 186 valence electrons. The average molecular weight is 544 g/mol. The molecule has 2 amide bonds. The van der Waals surface area contributed by atoms with Gasteiger partial charge in [-0.2, -0.15) is 0 Å². The maximum Gasteiger partial charge on any atom is 0.353 e.